The minimum Gasteiger partial charge on any atom is -0.370 e. The summed E-state index contributed by atoms with van der Waals surface area (Å²) in [5.74, 6) is 1.45. The number of hydrogen-bond donors (Lipinski definition) is 2. The fraction of sp³-hybridized carbons (Fsp3) is 0.471. The molecule has 1 saturated heterocycles. The molecule has 0 radical (unpaired) electrons. The van der Waals surface area contributed by atoms with Crippen molar-refractivity contribution < 1.29 is 4.79 Å². The van der Waals surface area contributed by atoms with Crippen molar-refractivity contribution in [2.24, 2.45) is 5.92 Å². The number of hydrogen-bond acceptors (Lipinski definition) is 6. The second-order valence-electron chi connectivity index (χ2n) is 6.25. The normalized spacial score (nSPS) is 19.2. The van der Waals surface area contributed by atoms with Gasteiger partial charge >= 0.3 is 0 Å². The Morgan fingerprint density at radius 1 is 1.46 bits per heavy atom. The highest BCUT2D eigenvalue weighted by atomic mass is 32.1. The number of pyridine rings is 1. The molecule has 0 saturated carbocycles. The molecule has 2 aromatic heterocycles. The van der Waals surface area contributed by atoms with E-state index in [0.717, 1.165) is 37.4 Å². The lowest BCUT2D eigenvalue weighted by Gasteiger charge is -2.23. The largest absolute Gasteiger partial charge is 0.370 e. The zero-order valence-electron chi connectivity index (χ0n) is 14.0. The van der Waals surface area contributed by atoms with Crippen LogP contribution in [0.3, 0.4) is 0 Å². The van der Waals surface area contributed by atoms with Gasteiger partial charge in [0.05, 0.1) is 6.04 Å². The lowest BCUT2D eigenvalue weighted by molar-refractivity contribution is -0.120. The first-order chi connectivity index (χ1) is 11.6. The first-order valence-electron chi connectivity index (χ1n) is 8.23. The maximum Gasteiger partial charge on any atom is 0.243 e. The van der Waals surface area contributed by atoms with Gasteiger partial charge in [-0.25, -0.2) is 9.97 Å². The molecule has 2 unspecified atom stereocenters. The highest BCUT2D eigenvalue weighted by Crippen LogP contribution is 2.20. The summed E-state index contributed by atoms with van der Waals surface area (Å²) in [5, 5.41) is 8.79. The summed E-state index contributed by atoms with van der Waals surface area (Å²) < 4.78 is 0. The van der Waals surface area contributed by atoms with Crippen LogP contribution in [-0.2, 0) is 4.79 Å². The van der Waals surface area contributed by atoms with E-state index in [9.17, 15) is 4.79 Å². The smallest absolute Gasteiger partial charge is 0.243 e. The van der Waals surface area contributed by atoms with Gasteiger partial charge in [-0.15, -0.1) is 11.3 Å². The average Bonchev–Trinajstić information content (AvgIpc) is 3.25. The van der Waals surface area contributed by atoms with Crippen molar-refractivity contribution in [2.75, 3.05) is 30.3 Å². The Labute approximate surface area is 146 Å². The summed E-state index contributed by atoms with van der Waals surface area (Å²) >= 11 is 1.44. The van der Waals surface area contributed by atoms with Crippen molar-refractivity contribution in [1.29, 1.82) is 0 Å². The number of amides is 1. The van der Waals surface area contributed by atoms with Crippen LogP contribution in [0.5, 0.6) is 0 Å². The number of anilines is 2. The maximum atomic E-state index is 12.3. The molecule has 2 atom stereocenters. The van der Waals surface area contributed by atoms with E-state index in [1.807, 2.05) is 31.5 Å². The first kappa shape index (κ1) is 16.9. The zero-order valence-corrected chi connectivity index (χ0v) is 14.8. The van der Waals surface area contributed by atoms with E-state index in [-0.39, 0.29) is 11.9 Å². The third kappa shape index (κ3) is 4.30. The third-order valence-electron chi connectivity index (χ3n) is 4.39. The molecule has 1 fully saturated rings. The van der Waals surface area contributed by atoms with E-state index in [0.29, 0.717) is 11.0 Å². The van der Waals surface area contributed by atoms with Crippen molar-refractivity contribution in [3.63, 3.8) is 0 Å². The van der Waals surface area contributed by atoms with Crippen LogP contribution in [0.2, 0.25) is 0 Å². The zero-order chi connectivity index (χ0) is 16.9. The number of nitrogens with one attached hydrogen (secondary N) is 2. The van der Waals surface area contributed by atoms with Crippen LogP contribution in [-0.4, -0.2) is 46.5 Å². The van der Waals surface area contributed by atoms with Crippen LogP contribution in [0.15, 0.2) is 29.9 Å². The maximum absolute atomic E-state index is 12.3. The summed E-state index contributed by atoms with van der Waals surface area (Å²) in [6.45, 7) is 6.74. The molecule has 1 amide bonds. The van der Waals surface area contributed by atoms with Gasteiger partial charge < -0.3 is 10.6 Å². The predicted octanol–water partition coefficient (Wildman–Crippen LogP) is 2.61. The molecule has 0 spiro atoms. The van der Waals surface area contributed by atoms with Gasteiger partial charge in [0.2, 0.25) is 5.91 Å². The van der Waals surface area contributed by atoms with E-state index in [2.05, 4.69) is 31.6 Å². The predicted molar refractivity (Wildman–Crippen MR) is 97.3 cm³/mol. The summed E-state index contributed by atoms with van der Waals surface area (Å²) in [6.07, 6.45) is 4.66. The van der Waals surface area contributed by atoms with Crippen molar-refractivity contribution >= 4 is 28.2 Å². The quantitative estimate of drug-likeness (QED) is 0.842. The molecule has 1 aliphatic heterocycles. The fourth-order valence-electron chi connectivity index (χ4n) is 2.86. The van der Waals surface area contributed by atoms with Gasteiger partial charge in [0.15, 0.2) is 5.13 Å². The third-order valence-corrected chi connectivity index (χ3v) is 5.08. The molecule has 7 heteroatoms. The minimum atomic E-state index is -0.142. The summed E-state index contributed by atoms with van der Waals surface area (Å²) in [5.41, 5.74) is 1.16. The van der Waals surface area contributed by atoms with Gasteiger partial charge in [-0.05, 0) is 44.4 Å². The summed E-state index contributed by atoms with van der Waals surface area (Å²) in [4.78, 5) is 23.0. The van der Waals surface area contributed by atoms with Crippen LogP contribution in [0, 0.1) is 12.8 Å². The second kappa shape index (κ2) is 7.72. The van der Waals surface area contributed by atoms with Crippen molar-refractivity contribution in [3.8, 4) is 0 Å². The van der Waals surface area contributed by atoms with Gasteiger partial charge in [0.1, 0.15) is 5.82 Å². The monoisotopic (exact) mass is 345 g/mol. The van der Waals surface area contributed by atoms with Crippen LogP contribution in [0.25, 0.3) is 0 Å². The Balaban J connectivity index is 1.45. The van der Waals surface area contributed by atoms with Crippen molar-refractivity contribution in [3.05, 3.63) is 35.5 Å². The second-order valence-corrected chi connectivity index (χ2v) is 7.15. The van der Waals surface area contributed by atoms with Gasteiger partial charge in [-0.1, -0.05) is 6.07 Å². The molecule has 3 rings (SSSR count). The van der Waals surface area contributed by atoms with E-state index < -0.39 is 0 Å². The Morgan fingerprint density at radius 3 is 3.04 bits per heavy atom. The number of nitrogens with zero attached hydrogens (tertiary/aromatic N) is 3. The Kier molecular flexibility index (Phi) is 5.42. The van der Waals surface area contributed by atoms with E-state index in [1.54, 1.807) is 6.20 Å². The lowest BCUT2D eigenvalue weighted by atomic mass is 10.1. The topological polar surface area (TPSA) is 70.2 Å². The van der Waals surface area contributed by atoms with Gasteiger partial charge in [-0.3, -0.25) is 9.69 Å². The number of thiazole rings is 1. The Morgan fingerprint density at radius 2 is 2.33 bits per heavy atom. The minimum absolute atomic E-state index is 0.0127. The molecule has 128 valence electrons. The number of aryl methyl sites for hydroxylation is 1. The van der Waals surface area contributed by atoms with Crippen molar-refractivity contribution in [2.45, 2.75) is 26.3 Å². The Hall–Kier alpha value is -1.99. The van der Waals surface area contributed by atoms with Crippen LogP contribution < -0.4 is 10.6 Å². The number of likely N-dealkylation sites (tertiary alicyclic amines) is 1. The molecule has 0 aliphatic carbocycles. The SMILES string of the molecule is Cc1ccc(NCC2CCN(C(C)C(=O)Nc3nccs3)C2)nc1. The standard InChI is InChI=1S/C17H23N5OS/c1-12-3-4-15(19-9-12)20-10-14-5-7-22(11-14)13(2)16(23)21-17-18-6-8-24-17/h3-4,6,8-9,13-14H,5,7,10-11H2,1-2H3,(H,19,20)(H,18,21,23). The van der Waals surface area contributed by atoms with Gasteiger partial charge in [0.25, 0.3) is 0 Å². The highest BCUT2D eigenvalue weighted by Gasteiger charge is 2.29. The highest BCUT2D eigenvalue weighted by molar-refractivity contribution is 7.13. The molecular formula is C17H23N5OS. The molecule has 0 bridgehead atoms. The lowest BCUT2D eigenvalue weighted by Crippen LogP contribution is -2.41. The fourth-order valence-corrected chi connectivity index (χ4v) is 3.39. The van der Waals surface area contributed by atoms with E-state index in [1.165, 1.54) is 11.3 Å². The number of carbonyl (C=O) groups is 1. The molecule has 2 N–H and O–H groups in total. The average molecular weight is 345 g/mol. The van der Waals surface area contributed by atoms with Crippen molar-refractivity contribution in [1.82, 2.24) is 14.9 Å². The summed E-state index contributed by atoms with van der Waals surface area (Å²) in [7, 11) is 0. The van der Waals surface area contributed by atoms with E-state index >= 15 is 0 Å². The molecule has 0 aromatic carbocycles. The molecular weight excluding hydrogens is 322 g/mol. The number of carbonyl (C=O) groups excluding carboxylic acids is 1. The van der Waals surface area contributed by atoms with Crippen LogP contribution >= 0.6 is 11.3 Å². The van der Waals surface area contributed by atoms with Crippen LogP contribution in [0.4, 0.5) is 10.9 Å². The molecule has 24 heavy (non-hydrogen) atoms. The molecule has 2 aromatic rings. The number of aromatic nitrogens is 2. The summed E-state index contributed by atoms with van der Waals surface area (Å²) in [6, 6.07) is 3.92. The molecule has 1 aliphatic rings. The number of rotatable bonds is 6. The first-order valence-corrected chi connectivity index (χ1v) is 9.10. The van der Waals surface area contributed by atoms with Gasteiger partial charge in [-0.2, -0.15) is 0 Å². The molecule has 6 nitrogen and oxygen atoms in total. The van der Waals surface area contributed by atoms with Crippen LogP contribution in [0.1, 0.15) is 18.9 Å². The van der Waals surface area contributed by atoms with Gasteiger partial charge in [0, 0.05) is 30.9 Å². The Bertz CT molecular complexity index is 658. The molecule has 3 heterocycles. The van der Waals surface area contributed by atoms with E-state index in [4.69, 9.17) is 0 Å².